The number of alkyl halides is 1. The number of rotatable bonds is 2. The summed E-state index contributed by atoms with van der Waals surface area (Å²) in [5.74, 6) is -0.249. The zero-order chi connectivity index (χ0) is 15.1. The minimum atomic E-state index is -0.249. The van der Waals surface area contributed by atoms with Crippen molar-refractivity contribution in [3.63, 3.8) is 0 Å². The lowest BCUT2D eigenvalue weighted by Crippen LogP contribution is -2.34. The van der Waals surface area contributed by atoms with Crippen LogP contribution in [0.1, 0.15) is 67.6 Å². The van der Waals surface area contributed by atoms with Gasteiger partial charge in [-0.15, -0.1) is 0 Å². The Bertz CT molecular complexity index is 544. The SMILES string of the molecule is COC(=O)c1cc2c(cc1CBr)C(C)(C)CCC2(C)C. The van der Waals surface area contributed by atoms with Crippen molar-refractivity contribution in [1.29, 1.82) is 0 Å². The lowest BCUT2D eigenvalue weighted by atomic mass is 9.62. The maximum Gasteiger partial charge on any atom is 0.338 e. The van der Waals surface area contributed by atoms with Gasteiger partial charge < -0.3 is 4.74 Å². The molecule has 3 heteroatoms. The molecular formula is C17H23BrO2. The Morgan fingerprint density at radius 2 is 1.65 bits per heavy atom. The molecule has 1 aromatic carbocycles. The van der Waals surface area contributed by atoms with Gasteiger partial charge in [0.15, 0.2) is 0 Å². The third kappa shape index (κ3) is 2.52. The third-order valence-electron chi connectivity index (χ3n) is 4.63. The van der Waals surface area contributed by atoms with Crippen molar-refractivity contribution < 1.29 is 9.53 Å². The van der Waals surface area contributed by atoms with Crippen LogP contribution in [0.25, 0.3) is 0 Å². The normalized spacial score (nSPS) is 19.3. The molecule has 0 aromatic heterocycles. The first kappa shape index (κ1) is 15.6. The largest absolute Gasteiger partial charge is 0.465 e. The second-order valence-corrected chi connectivity index (χ2v) is 7.51. The summed E-state index contributed by atoms with van der Waals surface area (Å²) in [5, 5.41) is 0.668. The molecule has 20 heavy (non-hydrogen) atoms. The summed E-state index contributed by atoms with van der Waals surface area (Å²) in [7, 11) is 1.44. The highest BCUT2D eigenvalue weighted by Crippen LogP contribution is 2.46. The molecule has 0 bridgehead atoms. The number of esters is 1. The molecular weight excluding hydrogens is 316 g/mol. The predicted molar refractivity (Wildman–Crippen MR) is 85.7 cm³/mol. The standard InChI is InChI=1S/C17H23BrO2/c1-16(2)6-7-17(3,4)14-9-12(15(19)20-5)11(10-18)8-13(14)16/h8-9H,6-7,10H2,1-5H3. The predicted octanol–water partition coefficient (Wildman–Crippen LogP) is 4.72. The highest BCUT2D eigenvalue weighted by molar-refractivity contribution is 9.08. The molecule has 0 aliphatic heterocycles. The molecule has 2 nitrogen and oxygen atoms in total. The van der Waals surface area contributed by atoms with E-state index >= 15 is 0 Å². The highest BCUT2D eigenvalue weighted by Gasteiger charge is 2.38. The van der Waals surface area contributed by atoms with E-state index in [1.54, 1.807) is 0 Å². The summed E-state index contributed by atoms with van der Waals surface area (Å²) >= 11 is 3.49. The second-order valence-electron chi connectivity index (χ2n) is 6.95. The minimum Gasteiger partial charge on any atom is -0.465 e. The Labute approximate surface area is 130 Å². The molecule has 1 aliphatic carbocycles. The van der Waals surface area contributed by atoms with Crippen LogP contribution < -0.4 is 0 Å². The van der Waals surface area contributed by atoms with Gasteiger partial charge in [0, 0.05) is 5.33 Å². The molecule has 110 valence electrons. The van der Waals surface area contributed by atoms with Gasteiger partial charge in [-0.25, -0.2) is 4.79 Å². The first-order valence-corrected chi connectivity index (χ1v) is 8.17. The number of halogens is 1. The van der Waals surface area contributed by atoms with E-state index in [1.165, 1.54) is 24.7 Å². The number of hydrogen-bond acceptors (Lipinski definition) is 2. The second kappa shape index (κ2) is 5.18. The number of hydrogen-bond donors (Lipinski definition) is 0. The summed E-state index contributed by atoms with van der Waals surface area (Å²) in [5.41, 5.74) is 4.64. The van der Waals surface area contributed by atoms with Gasteiger partial charge in [-0.2, -0.15) is 0 Å². The van der Waals surface area contributed by atoms with Gasteiger partial charge in [0.05, 0.1) is 12.7 Å². The van der Waals surface area contributed by atoms with Crippen molar-refractivity contribution in [3.8, 4) is 0 Å². The van der Waals surface area contributed by atoms with E-state index in [9.17, 15) is 4.79 Å². The van der Waals surface area contributed by atoms with E-state index < -0.39 is 0 Å². The molecule has 0 saturated heterocycles. The highest BCUT2D eigenvalue weighted by atomic mass is 79.9. The molecule has 0 atom stereocenters. The van der Waals surface area contributed by atoms with Crippen LogP contribution in [0.5, 0.6) is 0 Å². The molecule has 0 unspecified atom stereocenters. The van der Waals surface area contributed by atoms with Gasteiger partial charge in [0.1, 0.15) is 0 Å². The molecule has 1 aliphatic rings. The number of carbonyl (C=O) groups is 1. The van der Waals surface area contributed by atoms with Crippen molar-refractivity contribution in [2.75, 3.05) is 7.11 Å². The zero-order valence-electron chi connectivity index (χ0n) is 13.0. The van der Waals surface area contributed by atoms with Gasteiger partial charge in [-0.3, -0.25) is 0 Å². The molecule has 0 amide bonds. The molecule has 0 spiro atoms. The van der Waals surface area contributed by atoms with Crippen LogP contribution in [-0.2, 0) is 20.9 Å². The summed E-state index contributed by atoms with van der Waals surface area (Å²) in [6.07, 6.45) is 2.31. The molecule has 0 heterocycles. The van der Waals surface area contributed by atoms with E-state index in [0.29, 0.717) is 10.9 Å². The minimum absolute atomic E-state index is 0.110. The van der Waals surface area contributed by atoms with Crippen LogP contribution in [0.4, 0.5) is 0 Å². The van der Waals surface area contributed by atoms with E-state index in [2.05, 4.69) is 55.8 Å². The molecule has 0 saturated carbocycles. The first-order chi connectivity index (χ1) is 9.23. The first-order valence-electron chi connectivity index (χ1n) is 7.05. The monoisotopic (exact) mass is 338 g/mol. The van der Waals surface area contributed by atoms with Crippen molar-refractivity contribution >= 4 is 21.9 Å². The number of benzene rings is 1. The van der Waals surface area contributed by atoms with Gasteiger partial charge >= 0.3 is 5.97 Å². The number of fused-ring (bicyclic) bond motifs is 1. The average molecular weight is 339 g/mol. The average Bonchev–Trinajstić information content (AvgIpc) is 2.42. The van der Waals surface area contributed by atoms with Gasteiger partial charge in [0.2, 0.25) is 0 Å². The Morgan fingerprint density at radius 1 is 1.15 bits per heavy atom. The fraction of sp³-hybridized carbons (Fsp3) is 0.588. The van der Waals surface area contributed by atoms with Crippen molar-refractivity contribution in [1.82, 2.24) is 0 Å². The van der Waals surface area contributed by atoms with Crippen molar-refractivity contribution in [2.24, 2.45) is 0 Å². The lowest BCUT2D eigenvalue weighted by molar-refractivity contribution is 0.0599. The lowest BCUT2D eigenvalue weighted by Gasteiger charge is -2.42. The Kier molecular flexibility index (Phi) is 4.03. The van der Waals surface area contributed by atoms with Crippen LogP contribution in [-0.4, -0.2) is 13.1 Å². The zero-order valence-corrected chi connectivity index (χ0v) is 14.6. The fourth-order valence-electron chi connectivity index (χ4n) is 3.07. The van der Waals surface area contributed by atoms with E-state index in [-0.39, 0.29) is 16.8 Å². The Hall–Kier alpha value is -0.830. The number of ether oxygens (including phenoxy) is 1. The fourth-order valence-corrected chi connectivity index (χ4v) is 3.53. The van der Waals surface area contributed by atoms with Crippen LogP contribution in [0.3, 0.4) is 0 Å². The molecule has 0 radical (unpaired) electrons. The molecule has 0 fully saturated rings. The van der Waals surface area contributed by atoms with Gasteiger partial charge in [-0.05, 0) is 46.4 Å². The number of methoxy groups -OCH3 is 1. The van der Waals surface area contributed by atoms with Crippen LogP contribution in [0, 0.1) is 0 Å². The van der Waals surface area contributed by atoms with E-state index in [1.807, 2.05) is 0 Å². The van der Waals surface area contributed by atoms with Crippen molar-refractivity contribution in [2.45, 2.75) is 56.7 Å². The maximum absolute atomic E-state index is 12.0. The molecule has 0 N–H and O–H groups in total. The molecule has 2 rings (SSSR count). The van der Waals surface area contributed by atoms with Gasteiger partial charge in [0.25, 0.3) is 0 Å². The number of carbonyl (C=O) groups excluding carboxylic acids is 1. The Morgan fingerprint density at radius 3 is 2.10 bits per heavy atom. The topological polar surface area (TPSA) is 26.3 Å². The summed E-state index contributed by atoms with van der Waals surface area (Å²) < 4.78 is 4.93. The van der Waals surface area contributed by atoms with Gasteiger partial charge in [-0.1, -0.05) is 49.7 Å². The van der Waals surface area contributed by atoms with Crippen LogP contribution in [0.15, 0.2) is 12.1 Å². The summed E-state index contributed by atoms with van der Waals surface area (Å²) in [6.45, 7) is 9.10. The van der Waals surface area contributed by atoms with Crippen LogP contribution >= 0.6 is 15.9 Å². The van der Waals surface area contributed by atoms with E-state index in [4.69, 9.17) is 4.74 Å². The molecule has 1 aromatic rings. The smallest absolute Gasteiger partial charge is 0.338 e. The maximum atomic E-state index is 12.0. The third-order valence-corrected chi connectivity index (χ3v) is 5.23. The Balaban J connectivity index is 2.71. The van der Waals surface area contributed by atoms with Crippen molar-refractivity contribution in [3.05, 3.63) is 34.4 Å². The summed E-state index contributed by atoms with van der Waals surface area (Å²) in [6, 6.07) is 4.25. The van der Waals surface area contributed by atoms with Crippen LogP contribution in [0.2, 0.25) is 0 Å². The summed E-state index contributed by atoms with van der Waals surface area (Å²) in [4.78, 5) is 12.0. The quantitative estimate of drug-likeness (QED) is 0.576. The van der Waals surface area contributed by atoms with E-state index in [0.717, 1.165) is 12.0 Å².